The summed E-state index contributed by atoms with van der Waals surface area (Å²) >= 11 is 0. The van der Waals surface area contributed by atoms with E-state index in [-0.39, 0.29) is 104 Å². The minimum absolute atomic E-state index is 0. The molecule has 2 radical (unpaired) electrons. The fraction of sp³-hybridized carbons (Fsp3) is 0. The van der Waals surface area contributed by atoms with Crippen molar-refractivity contribution in [2.45, 2.75) is 9.79 Å². The third kappa shape index (κ3) is 9.07. The standard InChI is InChI=1S/C24H20N10O10S2.2Na/c25-13-7-15(27)21(33(35)36)9-19(13)31-29-17-3-1-11(5-23(17)45(39,40)41)12-2-4-18(24(6-12)46(42,43)44)30-32-20-10-22(34(37)38)16(28)8-14(20)26;;/h1-10H,25-28H2,(H,39,40,41)(H,42,43,44);;. The Kier molecular flexibility index (Phi) is 12.9. The van der Waals surface area contributed by atoms with Crippen LogP contribution in [0.5, 0.6) is 0 Å². The van der Waals surface area contributed by atoms with Gasteiger partial charge in [-0.05, 0) is 47.5 Å². The summed E-state index contributed by atoms with van der Waals surface area (Å²) in [4.78, 5) is 19.2. The van der Waals surface area contributed by atoms with E-state index >= 15 is 0 Å². The van der Waals surface area contributed by atoms with E-state index in [0.717, 1.165) is 48.5 Å². The van der Waals surface area contributed by atoms with Gasteiger partial charge in [-0.25, -0.2) is 0 Å². The van der Waals surface area contributed by atoms with E-state index in [9.17, 15) is 46.2 Å². The minimum atomic E-state index is -4.99. The Bertz CT molecular complexity index is 2080. The number of nitro benzene ring substituents is 2. The van der Waals surface area contributed by atoms with Gasteiger partial charge in [-0.3, -0.25) is 29.3 Å². The molecule has 10 N–H and O–H groups in total. The van der Waals surface area contributed by atoms with Crippen LogP contribution in [0.25, 0.3) is 11.1 Å². The van der Waals surface area contributed by atoms with Gasteiger partial charge in [0.2, 0.25) is 0 Å². The Morgan fingerprint density at radius 1 is 0.521 bits per heavy atom. The van der Waals surface area contributed by atoms with Crippen molar-refractivity contribution < 1.29 is 35.8 Å². The monoisotopic (exact) mass is 718 g/mol. The van der Waals surface area contributed by atoms with Crippen molar-refractivity contribution in [2.75, 3.05) is 22.9 Å². The summed E-state index contributed by atoms with van der Waals surface area (Å²) in [6, 6.07) is 10.5. The van der Waals surface area contributed by atoms with Gasteiger partial charge >= 0.3 is 0 Å². The number of nitro groups is 2. The van der Waals surface area contributed by atoms with Crippen LogP contribution in [0.2, 0.25) is 0 Å². The summed E-state index contributed by atoms with van der Waals surface area (Å²) in [7, 11) is -9.99. The van der Waals surface area contributed by atoms with E-state index in [1.165, 1.54) is 12.1 Å². The predicted octanol–water partition coefficient (Wildman–Crippen LogP) is 4.06. The van der Waals surface area contributed by atoms with E-state index in [1.54, 1.807) is 0 Å². The van der Waals surface area contributed by atoms with Crippen LogP contribution in [-0.4, -0.2) is 94.9 Å². The molecule has 0 spiro atoms. The fourth-order valence-corrected chi connectivity index (χ4v) is 5.19. The summed E-state index contributed by atoms with van der Waals surface area (Å²) in [5.74, 6) is 0. The van der Waals surface area contributed by atoms with Crippen LogP contribution in [0.4, 0.5) is 56.9 Å². The normalized spacial score (nSPS) is 11.6. The molecule has 0 aliphatic carbocycles. The van der Waals surface area contributed by atoms with Gasteiger partial charge < -0.3 is 22.9 Å². The Labute approximate surface area is 314 Å². The molecule has 4 rings (SSSR count). The maximum absolute atomic E-state index is 12.2. The number of nitrogen functional groups attached to an aromatic ring is 4. The maximum atomic E-state index is 12.2. The zero-order chi connectivity index (χ0) is 34.1. The molecular weight excluding hydrogens is 698 g/mol. The van der Waals surface area contributed by atoms with Gasteiger partial charge in [-0.2, -0.15) is 16.8 Å². The molecular formula is C24H20N10Na2O10S2. The summed E-state index contributed by atoms with van der Waals surface area (Å²) < 4.78 is 68.6. The Hall–Kier alpha value is -4.10. The molecule has 240 valence electrons. The zero-order valence-corrected chi connectivity index (χ0v) is 30.4. The van der Waals surface area contributed by atoms with Crippen LogP contribution in [0.15, 0.2) is 90.9 Å². The smallest absolute Gasteiger partial charge is 0.296 e. The Balaban J connectivity index is 0.00000400. The average Bonchev–Trinajstić information content (AvgIpc) is 2.95. The topological polar surface area (TPSA) is 349 Å². The Morgan fingerprint density at radius 2 is 0.833 bits per heavy atom. The second kappa shape index (κ2) is 15.4. The van der Waals surface area contributed by atoms with Crippen LogP contribution >= 0.6 is 0 Å². The molecule has 0 aliphatic rings. The van der Waals surface area contributed by atoms with Crippen LogP contribution in [0, 0.1) is 20.2 Å². The van der Waals surface area contributed by atoms with Crippen molar-refractivity contribution >= 4 is 136 Å². The number of hydrogen-bond acceptors (Lipinski definition) is 16. The van der Waals surface area contributed by atoms with Crippen LogP contribution in [0.1, 0.15) is 0 Å². The third-order valence-electron chi connectivity index (χ3n) is 6.09. The van der Waals surface area contributed by atoms with Gasteiger partial charge in [0.05, 0.1) is 21.2 Å². The first-order chi connectivity index (χ1) is 21.4. The van der Waals surface area contributed by atoms with Crippen molar-refractivity contribution in [1.82, 2.24) is 0 Å². The first kappa shape index (κ1) is 40.1. The Morgan fingerprint density at radius 3 is 1.12 bits per heavy atom. The molecule has 48 heavy (non-hydrogen) atoms. The first-order valence-electron chi connectivity index (χ1n) is 12.1. The number of benzene rings is 4. The van der Waals surface area contributed by atoms with Crippen LogP contribution in [0.3, 0.4) is 0 Å². The second-order valence-corrected chi connectivity index (χ2v) is 11.9. The van der Waals surface area contributed by atoms with Crippen molar-refractivity contribution in [1.29, 1.82) is 0 Å². The SMILES string of the molecule is Nc1cc(N)c([N+](=O)[O-])cc1N=Nc1ccc(-c2ccc(N=Nc3cc([N+](=O)[O-])c(N)cc3N)c(S(=O)(=O)O)c2)cc1S(=O)(=O)O.[Na].[Na]. The molecule has 0 atom stereocenters. The first-order valence-corrected chi connectivity index (χ1v) is 15.0. The largest absolute Gasteiger partial charge is 0.397 e. The van der Waals surface area contributed by atoms with Crippen molar-refractivity contribution in [3.8, 4) is 11.1 Å². The van der Waals surface area contributed by atoms with Crippen molar-refractivity contribution in [3.05, 3.63) is 80.9 Å². The molecule has 0 fully saturated rings. The van der Waals surface area contributed by atoms with Gasteiger partial charge in [0.25, 0.3) is 31.6 Å². The second-order valence-electron chi connectivity index (χ2n) is 9.17. The van der Waals surface area contributed by atoms with Gasteiger partial charge in [0.1, 0.15) is 43.9 Å². The number of nitrogens with zero attached hydrogens (tertiary/aromatic N) is 6. The summed E-state index contributed by atoms with van der Waals surface area (Å²) in [6.45, 7) is 0. The van der Waals surface area contributed by atoms with Gasteiger partial charge in [0, 0.05) is 71.2 Å². The van der Waals surface area contributed by atoms with Crippen LogP contribution < -0.4 is 22.9 Å². The van der Waals surface area contributed by atoms with E-state index in [4.69, 9.17) is 22.9 Å². The number of hydrogen-bond donors (Lipinski definition) is 6. The van der Waals surface area contributed by atoms with Crippen molar-refractivity contribution in [3.63, 3.8) is 0 Å². The summed E-state index contributed by atoms with van der Waals surface area (Å²) in [5.41, 5.74) is 19.6. The molecule has 4 aromatic rings. The molecule has 24 heteroatoms. The van der Waals surface area contributed by atoms with Gasteiger partial charge in [-0.1, -0.05) is 12.1 Å². The van der Waals surface area contributed by atoms with E-state index in [0.29, 0.717) is 0 Å². The molecule has 0 unspecified atom stereocenters. The third-order valence-corrected chi connectivity index (χ3v) is 7.85. The van der Waals surface area contributed by atoms with E-state index < -0.39 is 62.6 Å². The number of nitrogens with two attached hydrogens (primary N) is 4. The molecule has 0 saturated carbocycles. The summed E-state index contributed by atoms with van der Waals surface area (Å²) in [5, 5.41) is 37.3. The molecule has 0 heterocycles. The molecule has 4 aromatic carbocycles. The average molecular weight is 719 g/mol. The number of anilines is 4. The minimum Gasteiger partial charge on any atom is -0.397 e. The predicted molar refractivity (Wildman–Crippen MR) is 175 cm³/mol. The fourth-order valence-electron chi connectivity index (χ4n) is 3.89. The van der Waals surface area contributed by atoms with E-state index in [1.807, 2.05) is 0 Å². The summed E-state index contributed by atoms with van der Waals surface area (Å²) in [6.07, 6.45) is 0. The molecule has 0 aliphatic heterocycles. The van der Waals surface area contributed by atoms with E-state index in [2.05, 4.69) is 20.5 Å². The molecule has 20 nitrogen and oxygen atoms in total. The quantitative estimate of drug-likeness (QED) is 0.0355. The molecule has 0 amide bonds. The molecule has 0 aromatic heterocycles. The number of rotatable bonds is 9. The van der Waals surface area contributed by atoms with Crippen LogP contribution in [-0.2, 0) is 20.2 Å². The van der Waals surface area contributed by atoms with Gasteiger partial charge in [-0.15, -0.1) is 20.5 Å². The number of azo groups is 2. The van der Waals surface area contributed by atoms with Crippen molar-refractivity contribution in [2.24, 2.45) is 20.5 Å². The zero-order valence-electron chi connectivity index (χ0n) is 24.7. The maximum Gasteiger partial charge on any atom is 0.296 e. The molecule has 0 saturated heterocycles. The molecule has 0 bridgehead atoms. The van der Waals surface area contributed by atoms with Gasteiger partial charge in [0.15, 0.2) is 0 Å².